The van der Waals surface area contributed by atoms with Crippen molar-refractivity contribution in [3.05, 3.63) is 70.4 Å². The zero-order valence-corrected chi connectivity index (χ0v) is 19.8. The van der Waals surface area contributed by atoms with Crippen molar-refractivity contribution in [2.75, 3.05) is 6.61 Å². The molecule has 3 aromatic rings. The SMILES string of the molecule is NN1C(=O)C2=C(C1=O)C1C(=Nc3ccc(F)cc31)c1c2c2cc(F)ccc2n1[C@@H]1O[C@H](CO)[C@@H](O)[C@H](O)[C@H]1O. The summed E-state index contributed by atoms with van der Waals surface area (Å²) in [6, 6.07) is 7.44. The van der Waals surface area contributed by atoms with E-state index in [4.69, 9.17) is 10.6 Å². The summed E-state index contributed by atoms with van der Waals surface area (Å²) in [5.41, 5.74) is 1.13. The Bertz CT molecular complexity index is 1700. The first kappa shape index (κ1) is 24.2. The molecule has 11 nitrogen and oxygen atoms in total. The number of carbonyl (C=O) groups is 2. The fraction of sp³-hybridized carbons (Fsp3) is 0.269. The van der Waals surface area contributed by atoms with E-state index in [1.54, 1.807) is 0 Å². The second-order valence-electron chi connectivity index (χ2n) is 9.88. The number of halogens is 2. The molecule has 4 heterocycles. The third kappa shape index (κ3) is 3.02. The van der Waals surface area contributed by atoms with E-state index < -0.39 is 66.6 Å². The molecule has 0 radical (unpaired) electrons. The van der Waals surface area contributed by atoms with Gasteiger partial charge in [0.25, 0.3) is 11.8 Å². The second kappa shape index (κ2) is 8.08. The number of aliphatic hydroxyl groups is 4. The summed E-state index contributed by atoms with van der Waals surface area (Å²) in [7, 11) is 0. The van der Waals surface area contributed by atoms with E-state index in [1.165, 1.54) is 28.8 Å². The van der Waals surface area contributed by atoms with E-state index in [0.29, 0.717) is 16.3 Å². The van der Waals surface area contributed by atoms with Crippen LogP contribution in [0, 0.1) is 11.6 Å². The van der Waals surface area contributed by atoms with Crippen LogP contribution in [0.4, 0.5) is 14.5 Å². The molecule has 4 aliphatic rings. The standard InChI is InChI=1S/C26H20F2N4O7/c27-8-1-3-12-10(5-8)15-17-18(25(38)32(29)24(17)37)16-11-6-9(28)2-4-13(11)31(20(16)19(15)30-12)26-23(36)22(35)21(34)14(7-33)39-26/h1-6,14-15,21-23,26,33-36H,7,29H2/t14-,15?,21-,22+,23-,26-/m1/s1. The van der Waals surface area contributed by atoms with Gasteiger partial charge in [-0.15, -0.1) is 0 Å². The van der Waals surface area contributed by atoms with E-state index in [0.717, 1.165) is 12.1 Å². The largest absolute Gasteiger partial charge is 0.394 e. The van der Waals surface area contributed by atoms with Crippen LogP contribution in [0.1, 0.15) is 29.0 Å². The monoisotopic (exact) mass is 538 g/mol. The number of aliphatic imine (C=N–C) groups is 1. The highest BCUT2D eigenvalue weighted by atomic mass is 19.1. The van der Waals surface area contributed by atoms with Gasteiger partial charge >= 0.3 is 0 Å². The maximum Gasteiger partial charge on any atom is 0.276 e. The topological polar surface area (TPSA) is 171 Å². The van der Waals surface area contributed by atoms with Gasteiger partial charge in [-0.25, -0.2) is 24.6 Å². The summed E-state index contributed by atoms with van der Waals surface area (Å²) in [5.74, 6) is 1.85. The zero-order chi connectivity index (χ0) is 27.5. The number of amides is 2. The highest BCUT2D eigenvalue weighted by Gasteiger charge is 2.53. The third-order valence-electron chi connectivity index (χ3n) is 7.83. The number of ether oxygens (including phenoxy) is 1. The van der Waals surface area contributed by atoms with E-state index in [-0.39, 0.29) is 39.0 Å². The Balaban J connectivity index is 1.59. The van der Waals surface area contributed by atoms with Gasteiger partial charge in [-0.3, -0.25) is 9.59 Å². The van der Waals surface area contributed by atoms with E-state index in [9.17, 15) is 38.8 Å². The van der Waals surface area contributed by atoms with Crippen LogP contribution >= 0.6 is 0 Å². The minimum Gasteiger partial charge on any atom is -0.394 e. The minimum atomic E-state index is -1.74. The molecule has 1 unspecified atom stereocenters. The molecule has 13 heteroatoms. The molecule has 3 aliphatic heterocycles. The van der Waals surface area contributed by atoms with Gasteiger partial charge in [-0.05, 0) is 42.0 Å². The van der Waals surface area contributed by atoms with Crippen molar-refractivity contribution in [3.8, 4) is 0 Å². The van der Waals surface area contributed by atoms with Crippen LogP contribution in [0.5, 0.6) is 0 Å². The number of rotatable bonds is 2. The molecule has 6 N–H and O–H groups in total. The number of hydrogen-bond acceptors (Lipinski definition) is 9. The molecule has 1 aliphatic carbocycles. The normalized spacial score (nSPS) is 29.5. The van der Waals surface area contributed by atoms with Gasteiger partial charge in [0, 0.05) is 16.5 Å². The first-order valence-electron chi connectivity index (χ1n) is 12.0. The third-order valence-corrected chi connectivity index (χ3v) is 7.83. The molecule has 0 bridgehead atoms. The van der Waals surface area contributed by atoms with Gasteiger partial charge in [-0.2, -0.15) is 0 Å². The predicted octanol–water partition coefficient (Wildman–Crippen LogP) is 0.120. The maximum atomic E-state index is 14.6. The molecule has 1 saturated heterocycles. The Kier molecular flexibility index (Phi) is 5.02. The number of hydrogen-bond donors (Lipinski definition) is 5. The molecule has 2 aromatic carbocycles. The fourth-order valence-corrected chi connectivity index (χ4v) is 6.11. The molecule has 6 atom stereocenters. The Morgan fingerprint density at radius 2 is 1.69 bits per heavy atom. The molecular weight excluding hydrogens is 518 g/mol. The lowest BCUT2D eigenvalue weighted by Crippen LogP contribution is -2.56. The number of imide groups is 1. The van der Waals surface area contributed by atoms with Gasteiger partial charge in [0.1, 0.15) is 36.1 Å². The summed E-state index contributed by atoms with van der Waals surface area (Å²) < 4.78 is 36.2. The first-order chi connectivity index (χ1) is 18.6. The lowest BCUT2D eigenvalue weighted by atomic mass is 9.77. The van der Waals surface area contributed by atoms with E-state index in [1.807, 2.05) is 0 Å². The van der Waals surface area contributed by atoms with Crippen molar-refractivity contribution in [2.24, 2.45) is 10.8 Å². The van der Waals surface area contributed by atoms with Crippen LogP contribution in [0.25, 0.3) is 16.5 Å². The highest BCUT2D eigenvalue weighted by molar-refractivity contribution is 6.43. The Labute approximate surface area is 217 Å². The lowest BCUT2D eigenvalue weighted by molar-refractivity contribution is -0.250. The van der Waals surface area contributed by atoms with Crippen LogP contribution in [-0.4, -0.2) is 78.6 Å². The van der Waals surface area contributed by atoms with Crippen molar-refractivity contribution in [1.82, 2.24) is 9.58 Å². The average molecular weight is 538 g/mol. The Hall–Kier alpha value is -3.85. The van der Waals surface area contributed by atoms with Crippen LogP contribution in [-0.2, 0) is 14.3 Å². The molecule has 39 heavy (non-hydrogen) atoms. The first-order valence-corrected chi connectivity index (χ1v) is 12.0. The number of nitrogens with zero attached hydrogens (tertiary/aromatic N) is 3. The van der Waals surface area contributed by atoms with E-state index in [2.05, 4.69) is 4.99 Å². The van der Waals surface area contributed by atoms with Gasteiger partial charge in [0.05, 0.1) is 40.7 Å². The molecule has 0 spiro atoms. The molecule has 2 amide bonds. The second-order valence-corrected chi connectivity index (χ2v) is 9.88. The molecular formula is C26H20F2N4O7. The molecule has 1 fully saturated rings. The van der Waals surface area contributed by atoms with Gasteiger partial charge < -0.3 is 29.7 Å². The van der Waals surface area contributed by atoms with Gasteiger partial charge in [-0.1, -0.05) is 0 Å². The summed E-state index contributed by atoms with van der Waals surface area (Å²) in [6.45, 7) is -0.698. The van der Waals surface area contributed by atoms with Crippen molar-refractivity contribution in [3.63, 3.8) is 0 Å². The van der Waals surface area contributed by atoms with Crippen molar-refractivity contribution in [1.29, 1.82) is 0 Å². The Morgan fingerprint density at radius 1 is 0.974 bits per heavy atom. The summed E-state index contributed by atoms with van der Waals surface area (Å²) in [4.78, 5) is 31.3. The highest BCUT2D eigenvalue weighted by Crippen LogP contribution is 2.54. The number of fused-ring (bicyclic) bond motifs is 9. The average Bonchev–Trinajstić information content (AvgIpc) is 3.52. The number of hydrazine groups is 1. The lowest BCUT2D eigenvalue weighted by Gasteiger charge is -2.41. The van der Waals surface area contributed by atoms with Crippen LogP contribution in [0.15, 0.2) is 47.0 Å². The predicted molar refractivity (Wildman–Crippen MR) is 129 cm³/mol. The maximum absolute atomic E-state index is 14.6. The smallest absolute Gasteiger partial charge is 0.276 e. The number of carbonyl (C=O) groups excluding carboxylic acids is 2. The molecule has 7 rings (SSSR count). The van der Waals surface area contributed by atoms with Crippen LogP contribution < -0.4 is 5.84 Å². The quantitative estimate of drug-likeness (QED) is 0.174. The number of nitrogens with two attached hydrogens (primary N) is 1. The van der Waals surface area contributed by atoms with Gasteiger partial charge in [0.2, 0.25) is 0 Å². The minimum absolute atomic E-state index is 0.0461. The molecule has 1 aromatic heterocycles. The van der Waals surface area contributed by atoms with Crippen molar-refractivity contribution in [2.45, 2.75) is 36.6 Å². The van der Waals surface area contributed by atoms with Crippen LogP contribution in [0.3, 0.4) is 0 Å². The Morgan fingerprint density at radius 3 is 2.44 bits per heavy atom. The number of benzene rings is 2. The van der Waals surface area contributed by atoms with Gasteiger partial charge in [0.15, 0.2) is 6.23 Å². The summed E-state index contributed by atoms with van der Waals surface area (Å²) in [6.07, 6.45) is -7.86. The summed E-state index contributed by atoms with van der Waals surface area (Å²) in [5, 5.41) is 42.3. The van der Waals surface area contributed by atoms with E-state index >= 15 is 0 Å². The number of aliphatic hydroxyl groups excluding tert-OH is 4. The van der Waals surface area contributed by atoms with Crippen LogP contribution in [0.2, 0.25) is 0 Å². The van der Waals surface area contributed by atoms with Crippen molar-refractivity contribution >= 4 is 39.7 Å². The summed E-state index contributed by atoms with van der Waals surface area (Å²) >= 11 is 0. The number of aromatic nitrogens is 1. The van der Waals surface area contributed by atoms with Crippen molar-refractivity contribution < 1.29 is 43.5 Å². The zero-order valence-electron chi connectivity index (χ0n) is 19.8. The molecule has 0 saturated carbocycles. The molecule has 200 valence electrons. The fourth-order valence-electron chi connectivity index (χ4n) is 6.11.